The molecule has 0 spiro atoms. The molecule has 142 valence electrons. The van der Waals surface area contributed by atoms with Gasteiger partial charge in [-0.2, -0.15) is 0 Å². The lowest BCUT2D eigenvalue weighted by atomic mass is 9.94. The second kappa shape index (κ2) is 9.65. The number of ether oxygens (including phenoxy) is 1. The van der Waals surface area contributed by atoms with Crippen LogP contribution < -0.4 is 15.4 Å². The Bertz CT molecular complexity index is 575. The van der Waals surface area contributed by atoms with Crippen LogP contribution in [0.5, 0.6) is 5.75 Å². The van der Waals surface area contributed by atoms with Crippen LogP contribution in [0.3, 0.4) is 0 Å². The van der Waals surface area contributed by atoms with Crippen molar-refractivity contribution < 1.29 is 9.53 Å². The molecular weight excluding hydrogens is 324 g/mol. The van der Waals surface area contributed by atoms with Gasteiger partial charge in [-0.25, -0.2) is 0 Å². The lowest BCUT2D eigenvalue weighted by Crippen LogP contribution is -2.41. The van der Waals surface area contributed by atoms with Gasteiger partial charge in [0.2, 0.25) is 0 Å². The fourth-order valence-corrected chi connectivity index (χ4v) is 4.03. The van der Waals surface area contributed by atoms with E-state index in [9.17, 15) is 4.79 Å². The maximum Gasteiger partial charge on any atom is 0.189 e. The maximum absolute atomic E-state index is 12.7. The Labute approximate surface area is 157 Å². The number of carbonyl (C=O) groups excluding carboxylic acids is 1. The molecule has 3 rings (SSSR count). The van der Waals surface area contributed by atoms with Crippen LogP contribution in [-0.4, -0.2) is 25.0 Å². The van der Waals surface area contributed by atoms with E-state index in [0.717, 1.165) is 11.6 Å². The number of hydrogen-bond donors (Lipinski definition) is 2. The van der Waals surface area contributed by atoms with Crippen molar-refractivity contribution in [3.8, 4) is 5.75 Å². The van der Waals surface area contributed by atoms with Crippen LogP contribution in [0.2, 0.25) is 0 Å². The summed E-state index contributed by atoms with van der Waals surface area (Å²) >= 11 is 0. The second-order valence-corrected chi connectivity index (χ2v) is 7.61. The van der Waals surface area contributed by atoms with E-state index in [1.165, 1.54) is 64.2 Å². The number of benzene rings is 1. The highest BCUT2D eigenvalue weighted by Gasteiger charge is 2.19. The summed E-state index contributed by atoms with van der Waals surface area (Å²) in [5, 5.41) is 7.26. The lowest BCUT2D eigenvalue weighted by molar-refractivity contribution is 0.104. The summed E-state index contributed by atoms with van der Waals surface area (Å²) < 4.78 is 5.18. The van der Waals surface area contributed by atoms with Gasteiger partial charge < -0.3 is 15.4 Å². The van der Waals surface area contributed by atoms with Crippen LogP contribution >= 0.6 is 0 Å². The Hall–Kier alpha value is -1.97. The fourth-order valence-electron chi connectivity index (χ4n) is 4.03. The number of ketones is 1. The predicted octanol–water partition coefficient (Wildman–Crippen LogP) is 4.56. The molecular formula is C22H32N2O2. The molecule has 2 aliphatic rings. The van der Waals surface area contributed by atoms with Crippen LogP contribution in [0, 0.1) is 0 Å². The third-order valence-corrected chi connectivity index (χ3v) is 5.58. The Kier molecular flexibility index (Phi) is 6.98. The largest absolute Gasteiger partial charge is 0.497 e. The highest BCUT2D eigenvalue weighted by Crippen LogP contribution is 2.21. The average molecular weight is 357 g/mol. The zero-order valence-corrected chi connectivity index (χ0v) is 15.9. The van der Waals surface area contributed by atoms with Gasteiger partial charge in [0.05, 0.1) is 7.11 Å². The number of methoxy groups -OCH3 is 1. The van der Waals surface area contributed by atoms with Crippen molar-refractivity contribution in [3.63, 3.8) is 0 Å². The first-order valence-corrected chi connectivity index (χ1v) is 10.2. The van der Waals surface area contributed by atoms with Gasteiger partial charge in [-0.3, -0.25) is 4.79 Å². The normalized spacial score (nSPS) is 18.8. The smallest absolute Gasteiger partial charge is 0.189 e. The van der Waals surface area contributed by atoms with Crippen molar-refractivity contribution in [1.29, 1.82) is 0 Å². The fraction of sp³-hybridized carbons (Fsp3) is 0.591. The van der Waals surface area contributed by atoms with E-state index in [4.69, 9.17) is 4.74 Å². The SMILES string of the molecule is COc1ccc(C(=O)C=C(NC2CCCCC2)NC2CCCCC2)cc1. The zero-order chi connectivity index (χ0) is 18.2. The molecule has 0 amide bonds. The first-order chi connectivity index (χ1) is 12.7. The van der Waals surface area contributed by atoms with E-state index in [0.29, 0.717) is 17.6 Å². The van der Waals surface area contributed by atoms with E-state index in [2.05, 4.69) is 10.6 Å². The molecule has 2 fully saturated rings. The molecule has 1 aromatic carbocycles. The number of rotatable bonds is 7. The van der Waals surface area contributed by atoms with Gasteiger partial charge in [0.15, 0.2) is 5.78 Å². The number of hydrogen-bond acceptors (Lipinski definition) is 4. The van der Waals surface area contributed by atoms with E-state index in [-0.39, 0.29) is 5.78 Å². The van der Waals surface area contributed by atoms with Gasteiger partial charge in [0, 0.05) is 23.7 Å². The quantitative estimate of drug-likeness (QED) is 0.555. The van der Waals surface area contributed by atoms with Gasteiger partial charge in [-0.05, 0) is 49.9 Å². The standard InChI is InChI=1S/C22H32N2O2/c1-26-20-14-12-17(13-15-20)21(25)16-22(23-18-8-4-2-5-9-18)24-19-10-6-3-7-11-19/h12-16,18-19,23-24H,2-11H2,1H3. The predicted molar refractivity (Wildman–Crippen MR) is 105 cm³/mol. The van der Waals surface area contributed by atoms with Crippen molar-refractivity contribution in [2.24, 2.45) is 0 Å². The monoisotopic (exact) mass is 356 g/mol. The van der Waals surface area contributed by atoms with Crippen molar-refractivity contribution in [1.82, 2.24) is 10.6 Å². The molecule has 0 unspecified atom stereocenters. The van der Waals surface area contributed by atoms with Crippen molar-refractivity contribution in [3.05, 3.63) is 41.7 Å². The summed E-state index contributed by atoms with van der Waals surface area (Å²) in [6.45, 7) is 0. The molecule has 0 atom stereocenters. The molecule has 0 saturated heterocycles. The van der Waals surface area contributed by atoms with Crippen molar-refractivity contribution >= 4 is 5.78 Å². The first kappa shape index (κ1) is 18.8. The molecule has 4 nitrogen and oxygen atoms in total. The summed E-state index contributed by atoms with van der Waals surface area (Å²) in [5.41, 5.74) is 0.694. The summed E-state index contributed by atoms with van der Waals surface area (Å²) in [6.07, 6.45) is 14.3. The first-order valence-electron chi connectivity index (χ1n) is 10.2. The van der Waals surface area contributed by atoms with Crippen molar-refractivity contribution in [2.75, 3.05) is 7.11 Å². The van der Waals surface area contributed by atoms with Crippen LogP contribution in [0.25, 0.3) is 0 Å². The van der Waals surface area contributed by atoms with Crippen LogP contribution in [-0.2, 0) is 0 Å². The summed E-state index contributed by atoms with van der Waals surface area (Å²) in [4.78, 5) is 12.7. The second-order valence-electron chi connectivity index (χ2n) is 7.61. The lowest BCUT2D eigenvalue weighted by Gasteiger charge is -2.30. The van der Waals surface area contributed by atoms with Gasteiger partial charge in [0.25, 0.3) is 0 Å². The van der Waals surface area contributed by atoms with E-state index < -0.39 is 0 Å². The van der Waals surface area contributed by atoms with Crippen LogP contribution in [0.1, 0.15) is 74.6 Å². The highest BCUT2D eigenvalue weighted by atomic mass is 16.5. The van der Waals surface area contributed by atoms with E-state index in [1.807, 2.05) is 24.3 Å². The zero-order valence-electron chi connectivity index (χ0n) is 15.9. The topological polar surface area (TPSA) is 50.4 Å². The van der Waals surface area contributed by atoms with Gasteiger partial charge in [-0.1, -0.05) is 38.5 Å². The van der Waals surface area contributed by atoms with Gasteiger partial charge >= 0.3 is 0 Å². The third kappa shape index (κ3) is 5.52. The number of nitrogens with one attached hydrogen (secondary N) is 2. The van der Waals surface area contributed by atoms with Gasteiger partial charge in [0.1, 0.15) is 11.6 Å². The Morgan fingerprint density at radius 2 is 1.38 bits per heavy atom. The molecule has 0 bridgehead atoms. The Balaban J connectivity index is 1.70. The molecule has 2 N–H and O–H groups in total. The van der Waals surface area contributed by atoms with E-state index in [1.54, 1.807) is 13.2 Å². The van der Waals surface area contributed by atoms with Gasteiger partial charge in [-0.15, -0.1) is 0 Å². The summed E-state index contributed by atoms with van der Waals surface area (Å²) in [5.74, 6) is 1.71. The average Bonchev–Trinajstić information content (AvgIpc) is 2.69. The molecule has 1 aromatic rings. The molecule has 0 radical (unpaired) electrons. The molecule has 2 aliphatic carbocycles. The van der Waals surface area contributed by atoms with Crippen LogP contribution in [0.4, 0.5) is 0 Å². The summed E-state index contributed by atoms with van der Waals surface area (Å²) in [7, 11) is 1.64. The molecule has 2 saturated carbocycles. The van der Waals surface area contributed by atoms with Crippen LogP contribution in [0.15, 0.2) is 36.2 Å². The number of allylic oxidation sites excluding steroid dienone is 1. The maximum atomic E-state index is 12.7. The minimum atomic E-state index is 0.0364. The number of carbonyl (C=O) groups is 1. The highest BCUT2D eigenvalue weighted by molar-refractivity contribution is 6.04. The molecule has 4 heteroatoms. The van der Waals surface area contributed by atoms with E-state index >= 15 is 0 Å². The minimum absolute atomic E-state index is 0.0364. The minimum Gasteiger partial charge on any atom is -0.497 e. The van der Waals surface area contributed by atoms with Crippen molar-refractivity contribution in [2.45, 2.75) is 76.3 Å². The molecule has 0 aliphatic heterocycles. The molecule has 26 heavy (non-hydrogen) atoms. The summed E-state index contributed by atoms with van der Waals surface area (Å²) in [6, 6.07) is 8.30. The Morgan fingerprint density at radius 1 is 0.885 bits per heavy atom. The molecule has 0 aromatic heterocycles. The molecule has 0 heterocycles. The third-order valence-electron chi connectivity index (χ3n) is 5.58. The Morgan fingerprint density at radius 3 is 1.85 bits per heavy atom.